The quantitative estimate of drug-likeness (QED) is 0.630. The summed E-state index contributed by atoms with van der Waals surface area (Å²) in [5, 5.41) is 5.20. The van der Waals surface area contributed by atoms with E-state index in [9.17, 15) is 4.79 Å². The molecule has 1 N–H and O–H groups in total. The first-order chi connectivity index (χ1) is 13.2. The van der Waals surface area contributed by atoms with Crippen LogP contribution in [0.25, 0.3) is 10.8 Å². The van der Waals surface area contributed by atoms with E-state index < -0.39 is 6.10 Å². The van der Waals surface area contributed by atoms with E-state index in [2.05, 4.69) is 11.4 Å². The van der Waals surface area contributed by atoms with E-state index >= 15 is 0 Å². The normalized spacial score (nSPS) is 11.8. The second-order valence-electron chi connectivity index (χ2n) is 6.32. The molecule has 0 spiro atoms. The molecular formula is C23H25NO3. The number of hydrogen-bond donors (Lipinski definition) is 1. The number of nitrogens with one attached hydrogen (secondary N) is 1. The fourth-order valence-electron chi connectivity index (χ4n) is 2.90. The van der Waals surface area contributed by atoms with Gasteiger partial charge in [0.15, 0.2) is 6.10 Å². The summed E-state index contributed by atoms with van der Waals surface area (Å²) in [7, 11) is 0. The van der Waals surface area contributed by atoms with Crippen LogP contribution >= 0.6 is 0 Å². The maximum absolute atomic E-state index is 12.5. The average molecular weight is 363 g/mol. The van der Waals surface area contributed by atoms with Gasteiger partial charge in [0.1, 0.15) is 11.5 Å². The largest absolute Gasteiger partial charge is 0.494 e. The van der Waals surface area contributed by atoms with Gasteiger partial charge >= 0.3 is 0 Å². The number of amides is 1. The van der Waals surface area contributed by atoms with Crippen LogP contribution in [0.2, 0.25) is 0 Å². The van der Waals surface area contributed by atoms with E-state index in [1.54, 1.807) is 0 Å². The molecule has 0 bridgehead atoms. The van der Waals surface area contributed by atoms with E-state index in [0.29, 0.717) is 25.3 Å². The fourth-order valence-corrected chi connectivity index (χ4v) is 2.90. The summed E-state index contributed by atoms with van der Waals surface area (Å²) in [6.45, 7) is 5.00. The molecular weight excluding hydrogens is 338 g/mol. The number of ether oxygens (including phenoxy) is 2. The highest BCUT2D eigenvalue weighted by Gasteiger charge is 2.18. The van der Waals surface area contributed by atoms with Crippen LogP contribution in [0.5, 0.6) is 11.5 Å². The number of rotatable bonds is 8. The minimum atomic E-state index is -0.520. The van der Waals surface area contributed by atoms with Crippen LogP contribution in [0.3, 0.4) is 0 Å². The highest BCUT2D eigenvalue weighted by molar-refractivity contribution is 5.84. The number of benzene rings is 3. The zero-order valence-electron chi connectivity index (χ0n) is 15.8. The van der Waals surface area contributed by atoms with Crippen LogP contribution in [-0.2, 0) is 11.3 Å². The first-order valence-electron chi connectivity index (χ1n) is 9.34. The molecule has 0 fully saturated rings. The molecule has 0 unspecified atom stereocenters. The lowest BCUT2D eigenvalue weighted by molar-refractivity contribution is -0.128. The van der Waals surface area contributed by atoms with Gasteiger partial charge in [0, 0.05) is 6.54 Å². The molecule has 0 aliphatic rings. The van der Waals surface area contributed by atoms with Gasteiger partial charge in [-0.05, 0) is 53.9 Å². The second-order valence-corrected chi connectivity index (χ2v) is 6.32. The van der Waals surface area contributed by atoms with Gasteiger partial charge in [-0.15, -0.1) is 0 Å². The smallest absolute Gasteiger partial charge is 0.261 e. The lowest BCUT2D eigenvalue weighted by Crippen LogP contribution is -2.37. The van der Waals surface area contributed by atoms with Gasteiger partial charge in [0.25, 0.3) is 5.91 Å². The summed E-state index contributed by atoms with van der Waals surface area (Å²) in [4.78, 5) is 12.5. The Kier molecular flexibility index (Phi) is 6.31. The van der Waals surface area contributed by atoms with Crippen molar-refractivity contribution in [2.24, 2.45) is 0 Å². The Balaban J connectivity index is 1.59. The van der Waals surface area contributed by atoms with Gasteiger partial charge in [-0.1, -0.05) is 49.4 Å². The fraction of sp³-hybridized carbons (Fsp3) is 0.261. The van der Waals surface area contributed by atoms with Crippen molar-refractivity contribution >= 4 is 16.7 Å². The molecule has 0 aliphatic carbocycles. The van der Waals surface area contributed by atoms with E-state index in [0.717, 1.165) is 22.1 Å². The first-order valence-corrected chi connectivity index (χ1v) is 9.34. The zero-order valence-corrected chi connectivity index (χ0v) is 15.8. The molecule has 0 saturated heterocycles. The van der Waals surface area contributed by atoms with Crippen LogP contribution in [-0.4, -0.2) is 18.6 Å². The number of carbonyl (C=O) groups excluding carboxylic acids is 1. The van der Waals surface area contributed by atoms with Crippen LogP contribution < -0.4 is 14.8 Å². The summed E-state index contributed by atoms with van der Waals surface area (Å²) in [5.41, 5.74) is 1.02. The molecule has 3 aromatic carbocycles. The van der Waals surface area contributed by atoms with E-state index in [1.165, 1.54) is 0 Å². The van der Waals surface area contributed by atoms with Gasteiger partial charge in [-0.25, -0.2) is 0 Å². The molecule has 3 rings (SSSR count). The summed E-state index contributed by atoms with van der Waals surface area (Å²) in [5.74, 6) is 1.43. The number of fused-ring (bicyclic) bond motifs is 1. The predicted molar refractivity (Wildman–Crippen MR) is 108 cm³/mol. The third-order valence-electron chi connectivity index (χ3n) is 4.36. The number of hydrogen-bond acceptors (Lipinski definition) is 3. The molecule has 27 heavy (non-hydrogen) atoms. The van der Waals surface area contributed by atoms with Gasteiger partial charge in [-0.2, -0.15) is 0 Å². The van der Waals surface area contributed by atoms with E-state index in [-0.39, 0.29) is 5.91 Å². The number of carbonyl (C=O) groups is 1. The van der Waals surface area contributed by atoms with Crippen molar-refractivity contribution in [3.63, 3.8) is 0 Å². The minimum Gasteiger partial charge on any atom is -0.494 e. The van der Waals surface area contributed by atoms with E-state index in [1.807, 2.05) is 74.5 Å². The Morgan fingerprint density at radius 3 is 2.33 bits per heavy atom. The summed E-state index contributed by atoms with van der Waals surface area (Å²) < 4.78 is 11.4. The molecule has 140 valence electrons. The summed E-state index contributed by atoms with van der Waals surface area (Å²) in [6.07, 6.45) is 0.0796. The maximum atomic E-state index is 12.5. The van der Waals surface area contributed by atoms with Gasteiger partial charge in [-0.3, -0.25) is 4.79 Å². The lowest BCUT2D eigenvalue weighted by atomic mass is 10.1. The average Bonchev–Trinajstić information content (AvgIpc) is 2.71. The minimum absolute atomic E-state index is 0.112. The first kappa shape index (κ1) is 18.8. The molecule has 4 heteroatoms. The Morgan fingerprint density at radius 1 is 0.926 bits per heavy atom. The van der Waals surface area contributed by atoms with Crippen molar-refractivity contribution in [1.29, 1.82) is 0 Å². The van der Waals surface area contributed by atoms with Crippen molar-refractivity contribution in [2.45, 2.75) is 32.9 Å². The molecule has 4 nitrogen and oxygen atoms in total. The lowest BCUT2D eigenvalue weighted by Gasteiger charge is -2.18. The Hall–Kier alpha value is -3.01. The molecule has 0 aromatic heterocycles. The van der Waals surface area contributed by atoms with Crippen molar-refractivity contribution in [1.82, 2.24) is 5.32 Å². The van der Waals surface area contributed by atoms with Crippen LogP contribution in [0.4, 0.5) is 0 Å². The Labute approximate surface area is 160 Å². The molecule has 0 aliphatic heterocycles. The van der Waals surface area contributed by atoms with Crippen molar-refractivity contribution in [2.75, 3.05) is 6.61 Å². The zero-order chi connectivity index (χ0) is 19.1. The standard InChI is InChI=1S/C23H25NO3/c1-3-22(27-21-14-11-18-7-5-6-8-19(18)15-21)23(25)24-16-17-9-12-20(13-10-17)26-4-2/h5-15,22H,3-4,16H2,1-2H3,(H,24,25)/t22-/m1/s1. The molecule has 1 amide bonds. The topological polar surface area (TPSA) is 47.6 Å². The maximum Gasteiger partial charge on any atom is 0.261 e. The van der Waals surface area contributed by atoms with Crippen LogP contribution in [0.1, 0.15) is 25.8 Å². The second kappa shape index (κ2) is 9.08. The molecule has 1 atom stereocenters. The Morgan fingerprint density at radius 2 is 1.63 bits per heavy atom. The third-order valence-corrected chi connectivity index (χ3v) is 4.36. The van der Waals surface area contributed by atoms with E-state index in [4.69, 9.17) is 9.47 Å². The highest BCUT2D eigenvalue weighted by Crippen LogP contribution is 2.22. The van der Waals surface area contributed by atoms with Gasteiger partial charge in [0.05, 0.1) is 6.61 Å². The van der Waals surface area contributed by atoms with Crippen LogP contribution in [0, 0.1) is 0 Å². The van der Waals surface area contributed by atoms with Crippen molar-refractivity contribution in [3.8, 4) is 11.5 Å². The van der Waals surface area contributed by atoms with Crippen molar-refractivity contribution in [3.05, 3.63) is 72.3 Å². The predicted octanol–water partition coefficient (Wildman–Crippen LogP) is 4.71. The molecule has 0 radical (unpaired) electrons. The summed E-state index contributed by atoms with van der Waals surface area (Å²) >= 11 is 0. The molecule has 0 saturated carbocycles. The third kappa shape index (κ3) is 5.00. The highest BCUT2D eigenvalue weighted by atomic mass is 16.5. The summed E-state index contributed by atoms with van der Waals surface area (Å²) in [6, 6.07) is 21.7. The SMILES string of the molecule is CCOc1ccc(CNC(=O)[C@@H](CC)Oc2ccc3ccccc3c2)cc1. The van der Waals surface area contributed by atoms with Crippen LogP contribution in [0.15, 0.2) is 66.7 Å². The molecule has 3 aromatic rings. The molecule has 0 heterocycles. The van der Waals surface area contributed by atoms with Crippen molar-refractivity contribution < 1.29 is 14.3 Å². The Bertz CT molecular complexity index is 890. The van der Waals surface area contributed by atoms with Gasteiger partial charge < -0.3 is 14.8 Å². The van der Waals surface area contributed by atoms with Gasteiger partial charge in [0.2, 0.25) is 0 Å². The monoisotopic (exact) mass is 363 g/mol.